The molecule has 0 aromatic heterocycles. The van der Waals surface area contributed by atoms with E-state index in [0.29, 0.717) is 5.69 Å². The molecule has 0 heterocycles. The van der Waals surface area contributed by atoms with E-state index in [1.165, 1.54) is 24.3 Å². The molecule has 4 nitrogen and oxygen atoms in total. The maximum Gasteiger partial charge on any atom is 0.329 e. The first kappa shape index (κ1) is 8.73. The van der Waals surface area contributed by atoms with Crippen molar-refractivity contribution >= 4 is 24.5 Å². The number of carbonyl (C=O) groups is 1. The molecule has 0 unspecified atom stereocenters. The number of hydrogen-bond acceptors (Lipinski definition) is 3. The van der Waals surface area contributed by atoms with Crippen molar-refractivity contribution in [3.05, 3.63) is 24.3 Å². The van der Waals surface area contributed by atoms with Crippen molar-refractivity contribution in [2.45, 2.75) is 0 Å². The Morgan fingerprint density at radius 2 is 1.92 bits per heavy atom. The number of anilines is 1. The first-order chi connectivity index (χ1) is 5.61. The van der Waals surface area contributed by atoms with Crippen LogP contribution in [0.3, 0.4) is 0 Å². The van der Waals surface area contributed by atoms with Gasteiger partial charge in [0.15, 0.2) is 0 Å². The van der Waals surface area contributed by atoms with Gasteiger partial charge in [-0.1, -0.05) is 12.8 Å². The summed E-state index contributed by atoms with van der Waals surface area (Å²) in [5.41, 5.74) is 5.47. The van der Waals surface area contributed by atoms with Crippen LogP contribution >= 0.6 is 12.8 Å². The van der Waals surface area contributed by atoms with Gasteiger partial charge < -0.3 is 10.8 Å². The number of nitrogens with zero attached hydrogens (tertiary/aromatic N) is 1. The number of hydrogen-bond donors (Lipinski definition) is 3. The molecule has 12 heavy (non-hydrogen) atoms. The van der Waals surface area contributed by atoms with Crippen molar-refractivity contribution in [2.75, 3.05) is 4.31 Å². The van der Waals surface area contributed by atoms with Gasteiger partial charge >= 0.3 is 6.03 Å². The highest BCUT2D eigenvalue weighted by atomic mass is 32.1. The Labute approximate surface area is 75.1 Å². The molecule has 0 atom stereocenters. The van der Waals surface area contributed by atoms with E-state index >= 15 is 0 Å². The summed E-state index contributed by atoms with van der Waals surface area (Å²) in [5.74, 6) is 0.130. The first-order valence-corrected chi connectivity index (χ1v) is 3.58. The number of nitrogens with two attached hydrogens (primary N) is 1. The van der Waals surface area contributed by atoms with Gasteiger partial charge in [0.2, 0.25) is 0 Å². The van der Waals surface area contributed by atoms with Gasteiger partial charge in [-0.15, -0.1) is 0 Å². The highest BCUT2D eigenvalue weighted by molar-refractivity contribution is 7.82. The fourth-order valence-corrected chi connectivity index (χ4v) is 0.854. The van der Waals surface area contributed by atoms with E-state index in [1.807, 2.05) is 0 Å². The van der Waals surface area contributed by atoms with E-state index in [9.17, 15) is 4.79 Å². The topological polar surface area (TPSA) is 66.6 Å². The normalized spacial score (nSPS) is 9.42. The van der Waals surface area contributed by atoms with Crippen LogP contribution in [0.5, 0.6) is 5.75 Å². The first-order valence-electron chi connectivity index (χ1n) is 3.18. The molecule has 0 aliphatic heterocycles. The third-order valence-corrected chi connectivity index (χ3v) is 1.73. The van der Waals surface area contributed by atoms with Crippen molar-refractivity contribution in [3.8, 4) is 5.75 Å². The number of amides is 2. The summed E-state index contributed by atoms with van der Waals surface area (Å²) in [6.45, 7) is 0. The minimum atomic E-state index is -0.663. The van der Waals surface area contributed by atoms with Gasteiger partial charge in [-0.25, -0.2) is 9.10 Å². The number of rotatable bonds is 1. The number of phenols is 1. The van der Waals surface area contributed by atoms with Gasteiger partial charge in [0, 0.05) is 0 Å². The van der Waals surface area contributed by atoms with Gasteiger partial charge in [-0.05, 0) is 24.3 Å². The van der Waals surface area contributed by atoms with Crippen molar-refractivity contribution < 1.29 is 9.90 Å². The van der Waals surface area contributed by atoms with E-state index in [2.05, 4.69) is 12.8 Å². The lowest BCUT2D eigenvalue weighted by molar-refractivity contribution is 0.257. The molecule has 1 aromatic rings. The zero-order chi connectivity index (χ0) is 9.14. The van der Waals surface area contributed by atoms with Gasteiger partial charge in [0.05, 0.1) is 5.69 Å². The zero-order valence-electron chi connectivity index (χ0n) is 6.14. The van der Waals surface area contributed by atoms with Crippen LogP contribution in [0.15, 0.2) is 24.3 Å². The third kappa shape index (κ3) is 1.82. The summed E-state index contributed by atoms with van der Waals surface area (Å²) >= 11 is 3.83. The maximum absolute atomic E-state index is 10.6. The number of aromatic hydroxyl groups is 1. The second-order valence-electron chi connectivity index (χ2n) is 2.17. The van der Waals surface area contributed by atoms with Crippen LogP contribution in [-0.4, -0.2) is 11.1 Å². The number of urea groups is 1. The number of thiol groups is 1. The minimum Gasteiger partial charge on any atom is -0.508 e. The van der Waals surface area contributed by atoms with Gasteiger partial charge in [-0.3, -0.25) is 0 Å². The number of phenolic OH excluding ortho intramolecular Hbond substituents is 1. The molecule has 0 saturated heterocycles. The van der Waals surface area contributed by atoms with E-state index in [0.717, 1.165) is 4.31 Å². The monoisotopic (exact) mass is 184 g/mol. The lowest BCUT2D eigenvalue weighted by Crippen LogP contribution is -2.26. The Balaban J connectivity index is 2.89. The molecule has 1 aromatic carbocycles. The molecule has 5 heteroatoms. The number of primary amides is 1. The van der Waals surface area contributed by atoms with E-state index < -0.39 is 6.03 Å². The lowest BCUT2D eigenvalue weighted by Gasteiger charge is -2.11. The van der Waals surface area contributed by atoms with Crippen molar-refractivity contribution in [1.29, 1.82) is 0 Å². The van der Waals surface area contributed by atoms with Gasteiger partial charge in [-0.2, -0.15) is 0 Å². The molecular weight excluding hydrogens is 176 g/mol. The molecule has 0 saturated carbocycles. The molecule has 2 amide bonds. The van der Waals surface area contributed by atoms with Crippen molar-refractivity contribution in [2.24, 2.45) is 5.73 Å². The Hall–Kier alpha value is -1.36. The van der Waals surface area contributed by atoms with Crippen LogP contribution in [0.2, 0.25) is 0 Å². The average Bonchev–Trinajstić information content (AvgIpc) is 2.04. The van der Waals surface area contributed by atoms with Crippen molar-refractivity contribution in [1.82, 2.24) is 0 Å². The maximum atomic E-state index is 10.6. The molecule has 0 bridgehead atoms. The molecular formula is C7H8N2O2S. The van der Waals surface area contributed by atoms with Crippen LogP contribution in [0, 0.1) is 0 Å². The second kappa shape index (κ2) is 3.36. The molecule has 64 valence electrons. The number of carbonyl (C=O) groups excluding carboxylic acids is 1. The third-order valence-electron chi connectivity index (χ3n) is 1.30. The predicted octanol–water partition coefficient (Wildman–Crippen LogP) is 1.12. The molecule has 0 radical (unpaired) electrons. The van der Waals surface area contributed by atoms with Crippen LogP contribution in [0.4, 0.5) is 10.5 Å². The molecule has 3 N–H and O–H groups in total. The van der Waals surface area contributed by atoms with Gasteiger partial charge in [0.25, 0.3) is 0 Å². The molecule has 1 rings (SSSR count). The summed E-state index contributed by atoms with van der Waals surface area (Å²) in [5, 5.41) is 8.92. The molecule has 0 spiro atoms. The zero-order valence-corrected chi connectivity index (χ0v) is 7.03. The lowest BCUT2D eigenvalue weighted by atomic mass is 10.3. The summed E-state index contributed by atoms with van der Waals surface area (Å²) in [6, 6.07) is 5.30. The fourth-order valence-electron chi connectivity index (χ4n) is 0.721. The fraction of sp³-hybridized carbons (Fsp3) is 0. The Morgan fingerprint density at radius 1 is 1.42 bits per heavy atom. The average molecular weight is 184 g/mol. The van der Waals surface area contributed by atoms with Crippen LogP contribution < -0.4 is 10.0 Å². The predicted molar refractivity (Wildman–Crippen MR) is 49.2 cm³/mol. The summed E-state index contributed by atoms with van der Waals surface area (Å²) in [7, 11) is 0. The molecule has 0 aliphatic carbocycles. The van der Waals surface area contributed by atoms with E-state index in [4.69, 9.17) is 10.8 Å². The van der Waals surface area contributed by atoms with Crippen LogP contribution in [0.25, 0.3) is 0 Å². The highest BCUT2D eigenvalue weighted by Gasteiger charge is 2.06. The SMILES string of the molecule is NC(=O)N(S)c1ccc(O)cc1. The second-order valence-corrected chi connectivity index (χ2v) is 2.57. The van der Waals surface area contributed by atoms with Crippen molar-refractivity contribution in [3.63, 3.8) is 0 Å². The minimum absolute atomic E-state index is 0.130. The summed E-state index contributed by atoms with van der Waals surface area (Å²) in [6.07, 6.45) is 0. The Kier molecular flexibility index (Phi) is 2.44. The van der Waals surface area contributed by atoms with Crippen LogP contribution in [-0.2, 0) is 0 Å². The highest BCUT2D eigenvalue weighted by Crippen LogP contribution is 2.19. The van der Waals surface area contributed by atoms with Crippen LogP contribution in [0.1, 0.15) is 0 Å². The Morgan fingerprint density at radius 3 is 2.33 bits per heavy atom. The van der Waals surface area contributed by atoms with Gasteiger partial charge in [0.1, 0.15) is 5.75 Å². The summed E-state index contributed by atoms with van der Waals surface area (Å²) < 4.78 is 0.986. The number of benzene rings is 1. The van der Waals surface area contributed by atoms with E-state index in [-0.39, 0.29) is 5.75 Å². The summed E-state index contributed by atoms with van der Waals surface area (Å²) in [4.78, 5) is 10.6. The smallest absolute Gasteiger partial charge is 0.329 e. The molecule has 0 aliphatic rings. The largest absolute Gasteiger partial charge is 0.508 e. The molecule has 0 fully saturated rings. The quantitative estimate of drug-likeness (QED) is 0.572. The standard InChI is InChI=1S/C7H8N2O2S/c8-7(11)9(12)5-1-3-6(10)4-2-5/h1-4,10,12H,(H2,8,11). The van der Waals surface area contributed by atoms with E-state index in [1.54, 1.807) is 0 Å². The Bertz CT molecular complexity index is 286.